The number of H-pyrrole nitrogens is 1. The van der Waals surface area contributed by atoms with Crippen molar-refractivity contribution in [1.29, 1.82) is 0 Å². The van der Waals surface area contributed by atoms with Gasteiger partial charge in [0.1, 0.15) is 11.6 Å². The first kappa shape index (κ1) is 20.2. The summed E-state index contributed by atoms with van der Waals surface area (Å²) in [6.45, 7) is 3.67. The van der Waals surface area contributed by atoms with Gasteiger partial charge in [0, 0.05) is 47.5 Å². The molecule has 3 atom stereocenters. The van der Waals surface area contributed by atoms with Crippen molar-refractivity contribution >= 4 is 38.4 Å². The number of piperidine rings is 1. The predicted molar refractivity (Wildman–Crippen MR) is 121 cm³/mol. The van der Waals surface area contributed by atoms with Crippen LogP contribution in [-0.4, -0.2) is 56.8 Å². The van der Waals surface area contributed by atoms with Crippen molar-refractivity contribution in [2.45, 2.75) is 57.7 Å². The van der Waals surface area contributed by atoms with Crippen LogP contribution in [0.2, 0.25) is 0 Å². The number of pyridine rings is 2. The van der Waals surface area contributed by atoms with Crippen molar-refractivity contribution in [3.63, 3.8) is 0 Å². The second-order valence-electron chi connectivity index (χ2n) is 8.42. The lowest BCUT2D eigenvalue weighted by atomic mass is 9.99. The number of anilines is 3. The van der Waals surface area contributed by atoms with Crippen molar-refractivity contribution in [2.24, 2.45) is 0 Å². The Morgan fingerprint density at radius 2 is 1.97 bits per heavy atom. The third-order valence-corrected chi connectivity index (χ3v) is 8.22. The maximum Gasteiger partial charge on any atom is 0.214 e. The zero-order chi connectivity index (χ0) is 21.6. The van der Waals surface area contributed by atoms with Gasteiger partial charge in [0.05, 0.1) is 11.3 Å². The number of rotatable bonds is 6. The van der Waals surface area contributed by atoms with Gasteiger partial charge in [-0.15, -0.1) is 0 Å². The molecule has 164 valence electrons. The third kappa shape index (κ3) is 3.85. The Kier molecular flexibility index (Phi) is 5.05. The van der Waals surface area contributed by atoms with Gasteiger partial charge in [0.2, 0.25) is 10.0 Å². The van der Waals surface area contributed by atoms with E-state index in [1.807, 2.05) is 31.2 Å². The smallest absolute Gasteiger partial charge is 0.214 e. The molecule has 0 spiro atoms. The van der Waals surface area contributed by atoms with E-state index < -0.39 is 10.0 Å². The Labute approximate surface area is 181 Å². The zero-order valence-electron chi connectivity index (χ0n) is 17.7. The van der Waals surface area contributed by atoms with E-state index in [0.29, 0.717) is 11.6 Å². The van der Waals surface area contributed by atoms with Gasteiger partial charge < -0.3 is 10.6 Å². The van der Waals surface area contributed by atoms with Crippen LogP contribution < -0.4 is 10.6 Å². The van der Waals surface area contributed by atoms with Crippen molar-refractivity contribution in [3.05, 3.63) is 36.2 Å². The molecule has 0 amide bonds. The molecule has 1 unspecified atom stereocenters. The van der Waals surface area contributed by atoms with Crippen molar-refractivity contribution in [2.75, 3.05) is 16.4 Å². The van der Waals surface area contributed by atoms with Gasteiger partial charge in [-0.2, -0.15) is 9.40 Å². The SMILES string of the molecule is CCS(=O)(=O)N1[C@@H]2CC[C@H]1CC(Nc1nc(Nc3cc(C)[nH]n3)cc3ncccc13)C2. The molecule has 0 aromatic carbocycles. The highest BCUT2D eigenvalue weighted by Gasteiger charge is 2.46. The fraction of sp³-hybridized carbons (Fsp3) is 0.476. The highest BCUT2D eigenvalue weighted by atomic mass is 32.2. The highest BCUT2D eigenvalue weighted by molar-refractivity contribution is 7.89. The quantitative estimate of drug-likeness (QED) is 0.538. The number of nitrogens with zero attached hydrogens (tertiary/aromatic N) is 4. The maximum absolute atomic E-state index is 12.5. The minimum atomic E-state index is -3.17. The van der Waals surface area contributed by atoms with Gasteiger partial charge in [-0.05, 0) is 51.7 Å². The maximum atomic E-state index is 12.5. The largest absolute Gasteiger partial charge is 0.367 e. The monoisotopic (exact) mass is 441 g/mol. The lowest BCUT2D eigenvalue weighted by Gasteiger charge is -2.38. The first-order chi connectivity index (χ1) is 14.9. The number of aromatic amines is 1. The van der Waals surface area contributed by atoms with Crippen molar-refractivity contribution < 1.29 is 8.42 Å². The van der Waals surface area contributed by atoms with Crippen molar-refractivity contribution in [3.8, 4) is 0 Å². The Bertz CT molecular complexity index is 1200. The van der Waals surface area contributed by atoms with E-state index >= 15 is 0 Å². The number of sulfonamides is 1. The standard InChI is InChI=1S/C21H27N7O2S/c1-3-31(29,30)28-15-6-7-16(28)11-14(10-15)23-21-17-5-4-8-22-18(17)12-19(25-21)24-20-9-13(2)26-27-20/h4-5,8-9,12,14-16H,3,6-7,10-11H2,1-2H3,(H3,23,24,25,26,27)/t14?,15-,16+. The van der Waals surface area contributed by atoms with Gasteiger partial charge in [-0.25, -0.2) is 13.4 Å². The Morgan fingerprint density at radius 1 is 1.19 bits per heavy atom. The van der Waals surface area contributed by atoms with Crippen LogP contribution in [0.5, 0.6) is 0 Å². The van der Waals surface area contributed by atoms with E-state index in [9.17, 15) is 8.42 Å². The van der Waals surface area contributed by atoms with E-state index in [0.717, 1.165) is 48.1 Å². The average molecular weight is 442 g/mol. The minimum absolute atomic E-state index is 0.0685. The molecule has 5 heterocycles. The normalized spacial score (nSPS) is 23.9. The van der Waals surface area contributed by atoms with E-state index in [2.05, 4.69) is 25.8 Å². The summed E-state index contributed by atoms with van der Waals surface area (Å²) in [5.74, 6) is 2.28. The number of aryl methyl sites for hydroxylation is 1. The fourth-order valence-electron chi connectivity index (χ4n) is 4.91. The summed E-state index contributed by atoms with van der Waals surface area (Å²) < 4.78 is 26.9. The first-order valence-electron chi connectivity index (χ1n) is 10.8. The van der Waals surface area contributed by atoms with Crippen LogP contribution in [-0.2, 0) is 10.0 Å². The van der Waals surface area contributed by atoms with Crippen LogP contribution in [0.4, 0.5) is 17.5 Å². The van der Waals surface area contributed by atoms with Crippen LogP contribution in [0.3, 0.4) is 0 Å². The molecule has 3 aromatic rings. The lowest BCUT2D eigenvalue weighted by molar-refractivity contribution is 0.235. The molecule has 2 aliphatic rings. The van der Waals surface area contributed by atoms with E-state index in [1.54, 1.807) is 17.4 Å². The molecule has 5 rings (SSSR count). The lowest BCUT2D eigenvalue weighted by Crippen LogP contribution is -2.50. The van der Waals surface area contributed by atoms with E-state index in [1.165, 1.54) is 0 Å². The summed E-state index contributed by atoms with van der Waals surface area (Å²) in [5, 5.41) is 14.9. The van der Waals surface area contributed by atoms with Crippen LogP contribution in [0, 0.1) is 6.92 Å². The first-order valence-corrected chi connectivity index (χ1v) is 12.4. The second kappa shape index (κ2) is 7.76. The summed E-state index contributed by atoms with van der Waals surface area (Å²) in [7, 11) is -3.17. The Balaban J connectivity index is 1.41. The highest BCUT2D eigenvalue weighted by Crippen LogP contribution is 2.39. The molecule has 31 heavy (non-hydrogen) atoms. The molecule has 2 aliphatic heterocycles. The number of aromatic nitrogens is 4. The summed E-state index contributed by atoms with van der Waals surface area (Å²) >= 11 is 0. The number of hydrogen-bond donors (Lipinski definition) is 3. The molecule has 2 fully saturated rings. The summed E-state index contributed by atoms with van der Waals surface area (Å²) in [4.78, 5) is 9.31. The van der Waals surface area contributed by atoms with Crippen LogP contribution in [0.1, 0.15) is 38.3 Å². The van der Waals surface area contributed by atoms with Gasteiger partial charge in [0.25, 0.3) is 0 Å². The Morgan fingerprint density at radius 3 is 2.65 bits per heavy atom. The predicted octanol–water partition coefficient (Wildman–Crippen LogP) is 3.16. The Hall–Kier alpha value is -2.72. The van der Waals surface area contributed by atoms with Crippen LogP contribution in [0.15, 0.2) is 30.5 Å². The number of hydrogen-bond acceptors (Lipinski definition) is 7. The molecule has 0 saturated carbocycles. The molecule has 2 saturated heterocycles. The minimum Gasteiger partial charge on any atom is -0.367 e. The van der Waals surface area contributed by atoms with Crippen molar-refractivity contribution in [1.82, 2.24) is 24.5 Å². The summed E-state index contributed by atoms with van der Waals surface area (Å²) in [5.41, 5.74) is 1.80. The summed E-state index contributed by atoms with van der Waals surface area (Å²) in [6, 6.07) is 8.03. The van der Waals surface area contributed by atoms with Crippen LogP contribution >= 0.6 is 0 Å². The van der Waals surface area contributed by atoms with Gasteiger partial charge in [-0.3, -0.25) is 10.1 Å². The third-order valence-electron chi connectivity index (χ3n) is 6.25. The molecule has 9 nitrogen and oxygen atoms in total. The molecular weight excluding hydrogens is 414 g/mol. The second-order valence-corrected chi connectivity index (χ2v) is 10.6. The fourth-order valence-corrected chi connectivity index (χ4v) is 6.50. The number of nitrogens with one attached hydrogen (secondary N) is 3. The van der Waals surface area contributed by atoms with Gasteiger partial charge in [0.15, 0.2) is 5.82 Å². The van der Waals surface area contributed by atoms with Crippen LogP contribution in [0.25, 0.3) is 10.9 Å². The average Bonchev–Trinajstić information content (AvgIpc) is 3.28. The van der Waals surface area contributed by atoms with E-state index in [-0.39, 0.29) is 23.9 Å². The topological polar surface area (TPSA) is 116 Å². The molecule has 0 radical (unpaired) electrons. The molecule has 10 heteroatoms. The number of fused-ring (bicyclic) bond motifs is 3. The summed E-state index contributed by atoms with van der Waals surface area (Å²) in [6.07, 6.45) is 5.20. The van der Waals surface area contributed by atoms with E-state index in [4.69, 9.17) is 4.98 Å². The zero-order valence-corrected chi connectivity index (χ0v) is 18.5. The molecular formula is C21H27N7O2S. The molecule has 3 aromatic heterocycles. The van der Waals surface area contributed by atoms with Gasteiger partial charge >= 0.3 is 0 Å². The molecule has 2 bridgehead atoms. The molecule has 3 N–H and O–H groups in total. The van der Waals surface area contributed by atoms with Gasteiger partial charge in [-0.1, -0.05) is 0 Å². The molecule has 0 aliphatic carbocycles.